The highest BCUT2D eigenvalue weighted by Crippen LogP contribution is 2.21. The largest absolute Gasteiger partial charge is 0.319 e. The predicted octanol–water partition coefficient (Wildman–Crippen LogP) is 5.00. The van der Waals surface area contributed by atoms with E-state index in [1.807, 2.05) is 32.0 Å². The normalized spacial score (nSPS) is 10.9. The van der Waals surface area contributed by atoms with E-state index < -0.39 is 11.7 Å². The second kappa shape index (κ2) is 7.36. The van der Waals surface area contributed by atoms with Gasteiger partial charge in [0.25, 0.3) is 11.5 Å². The van der Waals surface area contributed by atoms with Crippen molar-refractivity contribution in [1.29, 1.82) is 0 Å². The molecule has 0 bridgehead atoms. The number of nitrogens with zero attached hydrogens (tertiary/aromatic N) is 1. The van der Waals surface area contributed by atoms with Crippen molar-refractivity contribution in [3.05, 3.63) is 106 Å². The molecule has 5 heteroatoms. The van der Waals surface area contributed by atoms with E-state index in [1.165, 1.54) is 22.9 Å². The highest BCUT2D eigenvalue weighted by molar-refractivity contribution is 6.12. The van der Waals surface area contributed by atoms with Crippen LogP contribution in [0.4, 0.5) is 10.1 Å². The molecule has 0 atom stereocenters. The molecular formula is C24H19FN2O2. The summed E-state index contributed by atoms with van der Waals surface area (Å²) in [6.45, 7) is 3.96. The number of nitrogens with one attached hydrogen (secondary N) is 1. The first kappa shape index (κ1) is 18.6. The number of carbonyl (C=O) groups excluding carboxylic acids is 1. The Balaban J connectivity index is 1.90. The van der Waals surface area contributed by atoms with Crippen molar-refractivity contribution in [3.63, 3.8) is 0 Å². The molecule has 0 spiro atoms. The summed E-state index contributed by atoms with van der Waals surface area (Å²) in [6.07, 6.45) is 1.52. The van der Waals surface area contributed by atoms with Crippen molar-refractivity contribution in [2.45, 2.75) is 13.8 Å². The van der Waals surface area contributed by atoms with E-state index in [0.717, 1.165) is 11.1 Å². The van der Waals surface area contributed by atoms with Gasteiger partial charge in [0.15, 0.2) is 0 Å². The van der Waals surface area contributed by atoms with Crippen molar-refractivity contribution in [1.82, 2.24) is 4.57 Å². The monoisotopic (exact) mass is 386 g/mol. The summed E-state index contributed by atoms with van der Waals surface area (Å²) >= 11 is 0. The first-order valence-corrected chi connectivity index (χ1v) is 9.23. The Bertz CT molecular complexity index is 1310. The zero-order valence-corrected chi connectivity index (χ0v) is 16.1. The molecule has 4 nitrogen and oxygen atoms in total. The number of halogens is 1. The van der Waals surface area contributed by atoms with Gasteiger partial charge in [-0.2, -0.15) is 0 Å². The zero-order chi connectivity index (χ0) is 20.5. The summed E-state index contributed by atoms with van der Waals surface area (Å²) in [6, 6.07) is 18.6. The van der Waals surface area contributed by atoms with Gasteiger partial charge in [0.1, 0.15) is 5.82 Å². The number of benzene rings is 3. The predicted molar refractivity (Wildman–Crippen MR) is 113 cm³/mol. The number of para-hydroxylation sites is 1. The van der Waals surface area contributed by atoms with Crippen LogP contribution >= 0.6 is 0 Å². The molecule has 0 unspecified atom stereocenters. The summed E-state index contributed by atoms with van der Waals surface area (Å²) in [5.41, 5.74) is 2.99. The maximum Gasteiger partial charge on any atom is 0.262 e. The van der Waals surface area contributed by atoms with Gasteiger partial charge in [0.05, 0.1) is 11.3 Å². The number of anilines is 1. The van der Waals surface area contributed by atoms with Gasteiger partial charge in [0.2, 0.25) is 0 Å². The third-order valence-corrected chi connectivity index (χ3v) is 5.06. The van der Waals surface area contributed by atoms with Gasteiger partial charge in [-0.1, -0.05) is 36.4 Å². The molecule has 1 heterocycles. The summed E-state index contributed by atoms with van der Waals surface area (Å²) < 4.78 is 15.5. The van der Waals surface area contributed by atoms with Gasteiger partial charge < -0.3 is 5.32 Å². The molecular weight excluding hydrogens is 367 g/mol. The minimum atomic E-state index is -0.521. The molecule has 0 aliphatic carbocycles. The van der Waals surface area contributed by atoms with E-state index >= 15 is 0 Å². The molecule has 1 N–H and O–H groups in total. The van der Waals surface area contributed by atoms with Gasteiger partial charge in [-0.3, -0.25) is 14.2 Å². The number of fused-ring (bicyclic) bond motifs is 1. The van der Waals surface area contributed by atoms with E-state index in [-0.39, 0.29) is 11.2 Å². The van der Waals surface area contributed by atoms with Gasteiger partial charge in [-0.05, 0) is 55.3 Å². The van der Waals surface area contributed by atoms with Gasteiger partial charge in [0, 0.05) is 22.7 Å². The first-order chi connectivity index (χ1) is 14.0. The van der Waals surface area contributed by atoms with Crippen LogP contribution in [0.2, 0.25) is 0 Å². The third kappa shape index (κ3) is 3.43. The number of hydrogen-bond donors (Lipinski definition) is 1. The molecule has 29 heavy (non-hydrogen) atoms. The lowest BCUT2D eigenvalue weighted by molar-refractivity contribution is 0.102. The molecule has 4 aromatic rings. The molecule has 0 radical (unpaired) electrons. The number of amides is 1. The fourth-order valence-corrected chi connectivity index (χ4v) is 3.29. The van der Waals surface area contributed by atoms with Crippen LogP contribution in [-0.4, -0.2) is 10.5 Å². The van der Waals surface area contributed by atoms with E-state index in [1.54, 1.807) is 36.4 Å². The molecule has 144 valence electrons. The van der Waals surface area contributed by atoms with E-state index in [0.29, 0.717) is 22.0 Å². The number of aromatic nitrogens is 1. The van der Waals surface area contributed by atoms with Crippen LogP contribution in [0.3, 0.4) is 0 Å². The van der Waals surface area contributed by atoms with Crippen molar-refractivity contribution >= 4 is 22.4 Å². The molecule has 1 amide bonds. The van der Waals surface area contributed by atoms with E-state index in [4.69, 9.17) is 0 Å². The Kier molecular flexibility index (Phi) is 4.72. The Morgan fingerprint density at radius 1 is 0.897 bits per heavy atom. The van der Waals surface area contributed by atoms with Gasteiger partial charge >= 0.3 is 0 Å². The number of rotatable bonds is 3. The van der Waals surface area contributed by atoms with Crippen LogP contribution < -0.4 is 10.9 Å². The summed E-state index contributed by atoms with van der Waals surface area (Å²) in [4.78, 5) is 26.1. The second-order valence-corrected chi connectivity index (χ2v) is 6.97. The van der Waals surface area contributed by atoms with Crippen LogP contribution in [-0.2, 0) is 0 Å². The highest BCUT2D eigenvalue weighted by atomic mass is 19.1. The minimum absolute atomic E-state index is 0.0884. The minimum Gasteiger partial charge on any atom is -0.319 e. The average molecular weight is 386 g/mol. The van der Waals surface area contributed by atoms with Crippen LogP contribution in [0.1, 0.15) is 21.5 Å². The molecule has 0 aliphatic rings. The number of carbonyl (C=O) groups is 1. The quantitative estimate of drug-likeness (QED) is 0.539. The third-order valence-electron chi connectivity index (χ3n) is 5.06. The summed E-state index contributed by atoms with van der Waals surface area (Å²) in [5.74, 6) is -1.00. The highest BCUT2D eigenvalue weighted by Gasteiger charge is 2.17. The lowest BCUT2D eigenvalue weighted by Crippen LogP contribution is -2.23. The smallest absolute Gasteiger partial charge is 0.262 e. The molecule has 1 aromatic heterocycles. The molecule has 4 rings (SSSR count). The Morgan fingerprint density at radius 3 is 2.31 bits per heavy atom. The van der Waals surface area contributed by atoms with Crippen molar-refractivity contribution in [2.75, 3.05) is 5.32 Å². The Labute approximate surface area is 167 Å². The van der Waals surface area contributed by atoms with Crippen LogP contribution in [0.5, 0.6) is 0 Å². The average Bonchev–Trinajstić information content (AvgIpc) is 2.72. The maximum absolute atomic E-state index is 14.0. The fourth-order valence-electron chi connectivity index (χ4n) is 3.29. The van der Waals surface area contributed by atoms with Crippen LogP contribution in [0.25, 0.3) is 16.5 Å². The molecule has 3 aromatic carbocycles. The standard InChI is InChI=1S/C24H19FN2O2/c1-15-11-12-17(13-16(15)2)27-14-20(18-7-3-4-8-19(18)24(27)29)23(28)26-22-10-6-5-9-21(22)25/h3-14H,1-2H3,(H,26,28). The number of aryl methyl sites for hydroxylation is 2. The second-order valence-electron chi connectivity index (χ2n) is 6.97. The molecule has 0 aliphatic heterocycles. The van der Waals surface area contributed by atoms with Crippen molar-refractivity contribution < 1.29 is 9.18 Å². The van der Waals surface area contributed by atoms with Gasteiger partial charge in [-0.15, -0.1) is 0 Å². The first-order valence-electron chi connectivity index (χ1n) is 9.23. The van der Waals surface area contributed by atoms with Crippen LogP contribution in [0, 0.1) is 19.7 Å². The maximum atomic E-state index is 14.0. The fraction of sp³-hybridized carbons (Fsp3) is 0.0833. The SMILES string of the molecule is Cc1ccc(-n2cc(C(=O)Nc3ccccc3F)c3ccccc3c2=O)cc1C. The topological polar surface area (TPSA) is 51.1 Å². The van der Waals surface area contributed by atoms with Crippen molar-refractivity contribution in [3.8, 4) is 5.69 Å². The summed E-state index contributed by atoms with van der Waals surface area (Å²) in [7, 11) is 0. The lowest BCUT2D eigenvalue weighted by Gasteiger charge is -2.14. The lowest BCUT2D eigenvalue weighted by atomic mass is 10.1. The zero-order valence-electron chi connectivity index (χ0n) is 16.1. The Hall–Kier alpha value is -3.73. The Morgan fingerprint density at radius 2 is 1.59 bits per heavy atom. The molecule has 0 saturated heterocycles. The number of hydrogen-bond acceptors (Lipinski definition) is 2. The summed E-state index contributed by atoms with van der Waals surface area (Å²) in [5, 5.41) is 3.55. The molecule has 0 fully saturated rings. The van der Waals surface area contributed by atoms with E-state index in [2.05, 4.69) is 5.32 Å². The van der Waals surface area contributed by atoms with Crippen molar-refractivity contribution in [2.24, 2.45) is 0 Å². The molecule has 0 saturated carbocycles. The van der Waals surface area contributed by atoms with E-state index in [9.17, 15) is 14.0 Å². The van der Waals surface area contributed by atoms with Crippen LogP contribution in [0.15, 0.2) is 77.7 Å². The number of pyridine rings is 1. The van der Waals surface area contributed by atoms with Gasteiger partial charge in [-0.25, -0.2) is 4.39 Å².